The Labute approximate surface area is 393 Å². The molecule has 356 valence electrons. The van der Waals surface area contributed by atoms with Gasteiger partial charge in [0.15, 0.2) is 0 Å². The number of halogens is 1. The van der Waals surface area contributed by atoms with Gasteiger partial charge in [-0.2, -0.15) is 15.5 Å². The highest BCUT2D eigenvalue weighted by Gasteiger charge is 2.41. The minimum atomic E-state index is -1.21. The maximum atomic E-state index is 15.3. The normalized spacial score (nSPS) is 19.8. The second-order valence-electron chi connectivity index (χ2n) is 19.1. The highest BCUT2D eigenvalue weighted by atomic mass is 19.1. The van der Waals surface area contributed by atoms with E-state index in [1.54, 1.807) is 40.1 Å². The number of carbonyl (C=O) groups is 4. The molecule has 0 radical (unpaired) electrons. The van der Waals surface area contributed by atoms with Gasteiger partial charge in [-0.15, -0.1) is 0 Å². The van der Waals surface area contributed by atoms with Crippen LogP contribution in [0.4, 0.5) is 21.6 Å². The fourth-order valence-corrected chi connectivity index (χ4v) is 10.1. The molecule has 0 bridgehead atoms. The van der Waals surface area contributed by atoms with Gasteiger partial charge in [-0.25, -0.2) is 18.9 Å². The van der Waals surface area contributed by atoms with Crippen LogP contribution < -0.4 is 25.8 Å². The Hall–Kier alpha value is -6.94. The minimum absolute atomic E-state index is 0.0130. The molecule has 0 saturated carbocycles. The predicted molar refractivity (Wildman–Crippen MR) is 252 cm³/mol. The molecule has 4 aromatic heterocycles. The van der Waals surface area contributed by atoms with E-state index in [-0.39, 0.29) is 48.1 Å². The smallest absolute Gasteiger partial charge is 0.249 e. The van der Waals surface area contributed by atoms with Gasteiger partial charge in [0.25, 0.3) is 0 Å². The van der Waals surface area contributed by atoms with Gasteiger partial charge < -0.3 is 30.4 Å². The second kappa shape index (κ2) is 19.0. The number of nitrogens with one attached hydrogen (secondary N) is 3. The molecule has 0 aliphatic carbocycles. The number of imide groups is 1. The number of piperidine rings is 4. The lowest BCUT2D eigenvalue weighted by atomic mass is 9.75. The van der Waals surface area contributed by atoms with Crippen LogP contribution in [0.15, 0.2) is 61.3 Å². The molecule has 4 N–H and O–H groups in total. The number of likely N-dealkylation sites (tertiary alicyclic amines) is 1. The van der Waals surface area contributed by atoms with E-state index in [0.717, 1.165) is 36.2 Å². The zero-order valence-corrected chi connectivity index (χ0v) is 38.7. The van der Waals surface area contributed by atoms with Gasteiger partial charge in [0.05, 0.1) is 59.1 Å². The first-order chi connectivity index (χ1) is 32.7. The molecule has 4 fully saturated rings. The van der Waals surface area contributed by atoms with Crippen molar-refractivity contribution >= 4 is 46.3 Å². The van der Waals surface area contributed by atoms with Crippen LogP contribution >= 0.6 is 0 Å². The lowest BCUT2D eigenvalue weighted by Gasteiger charge is -2.41. The van der Waals surface area contributed by atoms with Crippen molar-refractivity contribution in [1.82, 2.24) is 44.9 Å². The van der Waals surface area contributed by atoms with Gasteiger partial charge in [0, 0.05) is 80.9 Å². The van der Waals surface area contributed by atoms with Crippen molar-refractivity contribution < 1.29 is 28.7 Å². The first-order valence-electron chi connectivity index (χ1n) is 23.7. The Morgan fingerprint density at radius 3 is 2.35 bits per heavy atom. The molecule has 1 aromatic carbocycles. The van der Waals surface area contributed by atoms with E-state index < -0.39 is 23.4 Å². The number of nitrogens with zero attached hydrogens (tertiary/aromatic N) is 10. The summed E-state index contributed by atoms with van der Waals surface area (Å²) in [4.78, 5) is 66.1. The SMILES string of the molecule is CCC1(C(=O)NC(C)C)CCN(c2ccc(-c3nc(-c4cnn(C5CCN(C(=O)CC6(O)CCN(c7ccc(N[C@H]8CCC(=O)NC8=O)cc7F)CC6)CC5)c4)cn4ncc(C#N)c34)cn2)CC1. The van der Waals surface area contributed by atoms with Gasteiger partial charge in [-0.3, -0.25) is 29.2 Å². The van der Waals surface area contributed by atoms with E-state index in [4.69, 9.17) is 15.1 Å². The van der Waals surface area contributed by atoms with E-state index in [1.807, 2.05) is 41.8 Å². The molecule has 0 unspecified atom stereocenters. The van der Waals surface area contributed by atoms with Gasteiger partial charge in [-0.05, 0) is 95.5 Å². The van der Waals surface area contributed by atoms with Crippen LogP contribution in [0.3, 0.4) is 0 Å². The number of hydrogen-bond donors (Lipinski definition) is 4. The molecule has 4 amide bonds. The minimum Gasteiger partial charge on any atom is -0.389 e. The van der Waals surface area contributed by atoms with E-state index in [9.17, 15) is 29.5 Å². The van der Waals surface area contributed by atoms with Crippen molar-refractivity contribution in [2.24, 2.45) is 5.41 Å². The third-order valence-corrected chi connectivity index (χ3v) is 14.4. The van der Waals surface area contributed by atoms with Crippen LogP contribution in [0.1, 0.15) is 96.6 Å². The van der Waals surface area contributed by atoms with Gasteiger partial charge in [-0.1, -0.05) is 6.92 Å². The number of benzene rings is 1. The number of aromatic nitrogens is 6. The number of rotatable bonds is 12. The number of amides is 4. The van der Waals surface area contributed by atoms with Crippen molar-refractivity contribution in [1.29, 1.82) is 5.26 Å². The highest BCUT2D eigenvalue weighted by molar-refractivity contribution is 6.01. The Balaban J connectivity index is 0.799. The summed E-state index contributed by atoms with van der Waals surface area (Å²) in [7, 11) is 0. The Bertz CT molecular complexity index is 2740. The van der Waals surface area contributed by atoms with E-state index >= 15 is 4.39 Å². The summed E-state index contributed by atoms with van der Waals surface area (Å²) in [6, 6.07) is 10.4. The number of carbonyl (C=O) groups excluding carboxylic acids is 4. The molecule has 4 saturated heterocycles. The topological polar surface area (TPSA) is 219 Å². The van der Waals surface area contributed by atoms with Crippen molar-refractivity contribution in [3.63, 3.8) is 0 Å². The standard InChI is InChI=1S/C49H58FN13O5/c1-4-48(47(67)55-31(2)3)13-19-60(20-14-48)41-9-5-32(26-52-41)44-45-33(25-51)27-54-63(45)30-39(57-44)34-28-53-62(29-34)36-11-17-61(18-12-36)43(65)24-49(68)15-21-59(22-16-49)40-8-6-35(23-37(40)50)56-38-7-10-42(64)58-46(38)66/h5-6,8-9,23,26-31,36,38,56,68H,4,7,10-22,24H2,1-3H3,(H,55,67)(H,58,64,66)/t38-/m0/s1. The van der Waals surface area contributed by atoms with Gasteiger partial charge in [0.1, 0.15) is 34.8 Å². The lowest BCUT2D eigenvalue weighted by molar-refractivity contribution is -0.139. The summed E-state index contributed by atoms with van der Waals surface area (Å²) in [6.45, 7) is 9.25. The van der Waals surface area contributed by atoms with Crippen molar-refractivity contribution in [2.75, 3.05) is 54.4 Å². The van der Waals surface area contributed by atoms with Crippen LogP contribution in [-0.4, -0.2) is 120 Å². The molecule has 8 heterocycles. The summed E-state index contributed by atoms with van der Waals surface area (Å²) in [5.74, 6) is -0.387. The zero-order valence-electron chi connectivity index (χ0n) is 38.7. The van der Waals surface area contributed by atoms with Gasteiger partial charge >= 0.3 is 0 Å². The first kappa shape index (κ1) is 46.2. The van der Waals surface area contributed by atoms with E-state index in [1.165, 1.54) is 12.3 Å². The Morgan fingerprint density at radius 2 is 1.69 bits per heavy atom. The molecule has 9 rings (SSSR count). The molecule has 5 aromatic rings. The largest absolute Gasteiger partial charge is 0.389 e. The third-order valence-electron chi connectivity index (χ3n) is 14.4. The molecule has 68 heavy (non-hydrogen) atoms. The molecule has 18 nitrogen and oxygen atoms in total. The van der Waals surface area contributed by atoms with Crippen LogP contribution in [-0.2, 0) is 19.2 Å². The Morgan fingerprint density at radius 1 is 0.941 bits per heavy atom. The molecule has 1 atom stereocenters. The second-order valence-corrected chi connectivity index (χ2v) is 19.1. The predicted octanol–water partition coefficient (Wildman–Crippen LogP) is 4.99. The molecule has 4 aliphatic heterocycles. The number of aliphatic hydroxyl groups is 1. The average Bonchev–Trinajstić information content (AvgIpc) is 4.01. The molecule has 19 heteroatoms. The summed E-state index contributed by atoms with van der Waals surface area (Å²) in [5, 5.41) is 39.1. The first-order valence-corrected chi connectivity index (χ1v) is 23.7. The number of pyridine rings is 1. The van der Waals surface area contributed by atoms with E-state index in [0.29, 0.717) is 105 Å². The monoisotopic (exact) mass is 927 g/mol. The highest BCUT2D eigenvalue weighted by Crippen LogP contribution is 2.38. The average molecular weight is 928 g/mol. The molecule has 4 aliphatic rings. The van der Waals surface area contributed by atoms with E-state index in [2.05, 4.69) is 38.9 Å². The number of hydrogen-bond acceptors (Lipinski definition) is 13. The van der Waals surface area contributed by atoms with Crippen LogP contribution in [0.25, 0.3) is 28.0 Å². The maximum Gasteiger partial charge on any atom is 0.249 e. The molecular formula is C49H58FN13O5. The van der Waals surface area contributed by atoms with Crippen LogP contribution in [0.5, 0.6) is 0 Å². The summed E-state index contributed by atoms with van der Waals surface area (Å²) >= 11 is 0. The maximum absolute atomic E-state index is 15.3. The quantitative estimate of drug-likeness (QED) is 0.121. The van der Waals surface area contributed by atoms with Gasteiger partial charge in [0.2, 0.25) is 23.6 Å². The van der Waals surface area contributed by atoms with Crippen molar-refractivity contribution in [3.05, 3.63) is 72.7 Å². The third kappa shape index (κ3) is 9.46. The van der Waals surface area contributed by atoms with Crippen molar-refractivity contribution in [3.8, 4) is 28.6 Å². The summed E-state index contributed by atoms with van der Waals surface area (Å²) in [5.41, 5.74) is 2.89. The fraction of sp³-hybridized carbons (Fsp3) is 0.490. The summed E-state index contributed by atoms with van der Waals surface area (Å²) in [6.07, 6.45) is 13.6. The Kier molecular flexibility index (Phi) is 12.9. The molecular weight excluding hydrogens is 870 g/mol. The summed E-state index contributed by atoms with van der Waals surface area (Å²) < 4.78 is 18.9. The fourth-order valence-electron chi connectivity index (χ4n) is 10.1. The van der Waals surface area contributed by atoms with Crippen LogP contribution in [0.2, 0.25) is 0 Å². The van der Waals surface area contributed by atoms with Crippen molar-refractivity contribution in [2.45, 2.75) is 109 Å². The number of fused-ring (bicyclic) bond motifs is 1. The molecule has 0 spiro atoms. The zero-order chi connectivity index (χ0) is 47.7. The number of anilines is 3. The lowest BCUT2D eigenvalue weighted by Crippen LogP contribution is -2.50. The number of nitriles is 1. The van der Waals surface area contributed by atoms with Crippen LogP contribution in [0, 0.1) is 22.6 Å².